The summed E-state index contributed by atoms with van der Waals surface area (Å²) in [6.45, 7) is 2.08. The van der Waals surface area contributed by atoms with Crippen LogP contribution < -0.4 is 0 Å². The van der Waals surface area contributed by atoms with Crippen molar-refractivity contribution in [3.8, 4) is 0 Å². The van der Waals surface area contributed by atoms with Crippen LogP contribution in [-0.4, -0.2) is 28.9 Å². The van der Waals surface area contributed by atoms with Crippen molar-refractivity contribution in [3.63, 3.8) is 0 Å². The van der Waals surface area contributed by atoms with Gasteiger partial charge in [0.2, 0.25) is 0 Å². The maximum absolute atomic E-state index is 13.1. The van der Waals surface area contributed by atoms with Gasteiger partial charge in [-0.3, -0.25) is 4.79 Å². The number of aromatic amines is 1. The average molecular weight is 260 g/mol. The van der Waals surface area contributed by atoms with Crippen molar-refractivity contribution < 1.29 is 9.18 Å². The first kappa shape index (κ1) is 12.2. The lowest BCUT2D eigenvalue weighted by Crippen LogP contribution is -2.36. The van der Waals surface area contributed by atoms with Crippen molar-refractivity contribution in [1.82, 2.24) is 9.88 Å². The highest BCUT2D eigenvalue weighted by atomic mass is 19.1. The van der Waals surface area contributed by atoms with E-state index in [-0.39, 0.29) is 17.8 Å². The lowest BCUT2D eigenvalue weighted by molar-refractivity contribution is 0.0722. The molecule has 2 aromatic rings. The summed E-state index contributed by atoms with van der Waals surface area (Å²) in [6, 6.07) is 6.47. The molecule has 0 spiro atoms. The summed E-state index contributed by atoms with van der Waals surface area (Å²) in [7, 11) is 1.83. The van der Waals surface area contributed by atoms with E-state index in [0.717, 1.165) is 10.9 Å². The normalized spacial score (nSPS) is 16.6. The Kier molecular flexibility index (Phi) is 2.81. The second kappa shape index (κ2) is 4.37. The van der Waals surface area contributed by atoms with E-state index < -0.39 is 0 Å². The van der Waals surface area contributed by atoms with Gasteiger partial charge in [-0.1, -0.05) is 0 Å². The summed E-state index contributed by atoms with van der Waals surface area (Å²) in [4.78, 5) is 17.2. The van der Waals surface area contributed by atoms with E-state index >= 15 is 0 Å². The van der Waals surface area contributed by atoms with Gasteiger partial charge in [-0.2, -0.15) is 0 Å². The van der Waals surface area contributed by atoms with E-state index in [4.69, 9.17) is 0 Å². The minimum Gasteiger partial charge on any atom is -0.351 e. The molecule has 1 unspecified atom stereocenters. The highest BCUT2D eigenvalue weighted by Gasteiger charge is 2.33. The molecule has 1 aromatic carbocycles. The summed E-state index contributed by atoms with van der Waals surface area (Å²) in [6.07, 6.45) is 2.41. The molecule has 1 aliphatic carbocycles. The van der Waals surface area contributed by atoms with Crippen LogP contribution in [0, 0.1) is 11.7 Å². The lowest BCUT2D eigenvalue weighted by Gasteiger charge is -2.24. The summed E-state index contributed by atoms with van der Waals surface area (Å²) in [5.74, 6) is 0.317. The van der Waals surface area contributed by atoms with Gasteiger partial charge in [0.25, 0.3) is 5.91 Å². The third kappa shape index (κ3) is 2.23. The quantitative estimate of drug-likeness (QED) is 0.904. The van der Waals surface area contributed by atoms with Crippen molar-refractivity contribution >= 4 is 16.8 Å². The molecular formula is C15H17FN2O. The Morgan fingerprint density at radius 1 is 1.42 bits per heavy atom. The fourth-order valence-electron chi connectivity index (χ4n) is 2.49. The second-order valence-electron chi connectivity index (χ2n) is 5.41. The number of carbonyl (C=O) groups excluding carboxylic acids is 1. The summed E-state index contributed by atoms with van der Waals surface area (Å²) >= 11 is 0. The number of rotatable bonds is 3. The van der Waals surface area contributed by atoms with Gasteiger partial charge in [-0.05, 0) is 49.9 Å². The molecule has 0 aliphatic heterocycles. The molecule has 100 valence electrons. The van der Waals surface area contributed by atoms with E-state index in [9.17, 15) is 9.18 Å². The van der Waals surface area contributed by atoms with Crippen molar-refractivity contribution in [2.24, 2.45) is 5.92 Å². The number of nitrogens with zero attached hydrogens (tertiary/aromatic N) is 1. The third-order valence-electron chi connectivity index (χ3n) is 4.05. The Labute approximate surface area is 111 Å². The first-order valence-electron chi connectivity index (χ1n) is 6.61. The van der Waals surface area contributed by atoms with Gasteiger partial charge in [0.05, 0.1) is 0 Å². The van der Waals surface area contributed by atoms with Gasteiger partial charge in [0, 0.05) is 24.0 Å². The SMILES string of the molecule is CC(C1CC1)N(C)C(=O)c1cc2cc(F)ccc2[nH]1. The fourth-order valence-corrected chi connectivity index (χ4v) is 2.49. The number of hydrogen-bond donors (Lipinski definition) is 1. The number of nitrogens with one attached hydrogen (secondary N) is 1. The molecule has 1 saturated carbocycles. The number of amides is 1. The smallest absolute Gasteiger partial charge is 0.270 e. The summed E-state index contributed by atoms with van der Waals surface area (Å²) in [5.41, 5.74) is 1.31. The maximum Gasteiger partial charge on any atom is 0.270 e. The molecular weight excluding hydrogens is 243 g/mol. The highest BCUT2D eigenvalue weighted by Crippen LogP contribution is 2.35. The van der Waals surface area contributed by atoms with Gasteiger partial charge >= 0.3 is 0 Å². The van der Waals surface area contributed by atoms with Crippen molar-refractivity contribution in [1.29, 1.82) is 0 Å². The molecule has 1 fully saturated rings. The molecule has 1 atom stereocenters. The number of fused-ring (bicyclic) bond motifs is 1. The zero-order valence-electron chi connectivity index (χ0n) is 11.1. The first-order valence-corrected chi connectivity index (χ1v) is 6.61. The van der Waals surface area contributed by atoms with E-state index in [1.54, 1.807) is 17.0 Å². The lowest BCUT2D eigenvalue weighted by atomic mass is 10.2. The Morgan fingerprint density at radius 3 is 2.84 bits per heavy atom. The molecule has 0 bridgehead atoms. The van der Waals surface area contributed by atoms with Crippen LogP contribution in [-0.2, 0) is 0 Å². The number of carbonyl (C=O) groups is 1. The van der Waals surface area contributed by atoms with Crippen molar-refractivity contribution in [3.05, 3.63) is 35.8 Å². The van der Waals surface area contributed by atoms with Gasteiger partial charge in [0.15, 0.2) is 0 Å². The van der Waals surface area contributed by atoms with E-state index in [0.29, 0.717) is 11.6 Å². The first-order chi connectivity index (χ1) is 9.06. The maximum atomic E-state index is 13.1. The van der Waals surface area contributed by atoms with Crippen LogP contribution in [0.4, 0.5) is 4.39 Å². The summed E-state index contributed by atoms with van der Waals surface area (Å²) < 4.78 is 13.1. The van der Waals surface area contributed by atoms with Gasteiger partial charge in [-0.25, -0.2) is 4.39 Å². The molecule has 1 heterocycles. The molecule has 0 saturated heterocycles. The van der Waals surface area contributed by atoms with Crippen LogP contribution in [0.5, 0.6) is 0 Å². The van der Waals surface area contributed by atoms with Crippen LogP contribution in [0.1, 0.15) is 30.3 Å². The minimum absolute atomic E-state index is 0.0315. The minimum atomic E-state index is -0.287. The Bertz CT molecular complexity index is 630. The third-order valence-corrected chi connectivity index (χ3v) is 4.05. The van der Waals surface area contributed by atoms with E-state index in [1.165, 1.54) is 25.0 Å². The monoisotopic (exact) mass is 260 g/mol. The number of halogens is 1. The molecule has 1 N–H and O–H groups in total. The van der Waals surface area contributed by atoms with Crippen molar-refractivity contribution in [2.75, 3.05) is 7.05 Å². The molecule has 19 heavy (non-hydrogen) atoms. The molecule has 0 radical (unpaired) electrons. The Morgan fingerprint density at radius 2 is 2.16 bits per heavy atom. The molecule has 1 aromatic heterocycles. The second-order valence-corrected chi connectivity index (χ2v) is 5.41. The van der Waals surface area contributed by atoms with Crippen LogP contribution in [0.15, 0.2) is 24.3 Å². The topological polar surface area (TPSA) is 36.1 Å². The Hall–Kier alpha value is -1.84. The fraction of sp³-hybridized carbons (Fsp3) is 0.400. The number of H-pyrrole nitrogens is 1. The Balaban J connectivity index is 1.88. The number of aromatic nitrogens is 1. The zero-order valence-corrected chi connectivity index (χ0v) is 11.1. The predicted octanol–water partition coefficient (Wildman–Crippen LogP) is 3.18. The molecule has 4 heteroatoms. The van der Waals surface area contributed by atoms with Crippen molar-refractivity contribution in [2.45, 2.75) is 25.8 Å². The molecule has 1 amide bonds. The molecule has 1 aliphatic rings. The number of benzene rings is 1. The largest absolute Gasteiger partial charge is 0.351 e. The predicted molar refractivity (Wildman–Crippen MR) is 72.5 cm³/mol. The summed E-state index contributed by atoms with van der Waals surface area (Å²) in [5, 5.41) is 0.732. The zero-order chi connectivity index (χ0) is 13.6. The standard InChI is InChI=1S/C15H17FN2O/c1-9(10-3-4-10)18(2)15(19)14-8-11-7-12(16)5-6-13(11)17-14/h5-10,17H,3-4H2,1-2H3. The highest BCUT2D eigenvalue weighted by molar-refractivity contribution is 5.98. The van der Waals surface area contributed by atoms with Gasteiger partial charge < -0.3 is 9.88 Å². The van der Waals surface area contributed by atoms with E-state index in [1.807, 2.05) is 7.05 Å². The van der Waals surface area contributed by atoms with Gasteiger partial charge in [-0.15, -0.1) is 0 Å². The molecule has 3 rings (SSSR count). The van der Waals surface area contributed by atoms with Gasteiger partial charge in [0.1, 0.15) is 11.5 Å². The van der Waals surface area contributed by atoms with Crippen LogP contribution >= 0.6 is 0 Å². The van der Waals surface area contributed by atoms with Crippen LogP contribution in [0.25, 0.3) is 10.9 Å². The number of hydrogen-bond acceptors (Lipinski definition) is 1. The van der Waals surface area contributed by atoms with Crippen LogP contribution in [0.2, 0.25) is 0 Å². The van der Waals surface area contributed by atoms with E-state index in [2.05, 4.69) is 11.9 Å². The molecule has 3 nitrogen and oxygen atoms in total. The average Bonchev–Trinajstić information content (AvgIpc) is 3.16. The van der Waals surface area contributed by atoms with Crippen LogP contribution in [0.3, 0.4) is 0 Å².